The van der Waals surface area contributed by atoms with Crippen LogP contribution in [0.3, 0.4) is 0 Å². The Kier molecular flexibility index (Phi) is 6.82. The highest BCUT2D eigenvalue weighted by Crippen LogP contribution is 2.39. The highest BCUT2D eigenvalue weighted by atomic mass is 16.5. The molecule has 0 spiro atoms. The molecule has 0 saturated carbocycles. The lowest BCUT2D eigenvalue weighted by Crippen LogP contribution is -2.26. The van der Waals surface area contributed by atoms with E-state index in [0.29, 0.717) is 24.2 Å². The molecule has 4 rings (SSSR count). The van der Waals surface area contributed by atoms with Crippen molar-refractivity contribution in [2.75, 3.05) is 6.61 Å². The van der Waals surface area contributed by atoms with Crippen LogP contribution in [0.5, 0.6) is 5.88 Å². The summed E-state index contributed by atoms with van der Waals surface area (Å²) in [6.07, 6.45) is 17.8. The normalized spacial score (nSPS) is 23.1. The number of hydrogen-bond acceptors (Lipinski definition) is 4. The molecule has 0 N–H and O–H groups in total. The average Bonchev–Trinajstić information content (AvgIpc) is 3.10. The molecule has 2 aromatic rings. The maximum absolute atomic E-state index is 12.9. The molecule has 2 aromatic heterocycles. The number of aromatic nitrogens is 5. The monoisotopic (exact) mass is 463 g/mol. The molecule has 182 valence electrons. The van der Waals surface area contributed by atoms with Crippen molar-refractivity contribution in [3.05, 3.63) is 64.0 Å². The van der Waals surface area contributed by atoms with Gasteiger partial charge in [0.25, 0.3) is 0 Å². The number of hydrogen-bond donors (Lipinski definition) is 0. The summed E-state index contributed by atoms with van der Waals surface area (Å²) in [5.74, 6) is 1.95. The zero-order valence-electron chi connectivity index (χ0n) is 21.3. The second-order valence-corrected chi connectivity index (χ2v) is 10.2. The lowest BCUT2D eigenvalue weighted by atomic mass is 9.80. The molecule has 7 nitrogen and oxygen atoms in total. The minimum Gasteiger partial charge on any atom is -0.471 e. The Bertz CT molecular complexity index is 1240. The largest absolute Gasteiger partial charge is 0.471 e. The van der Waals surface area contributed by atoms with E-state index in [1.807, 2.05) is 24.7 Å². The predicted octanol–water partition coefficient (Wildman–Crippen LogP) is 5.28. The summed E-state index contributed by atoms with van der Waals surface area (Å²) in [4.78, 5) is 12.9. The first-order valence-electron chi connectivity index (χ1n) is 12.3. The van der Waals surface area contributed by atoms with Gasteiger partial charge in [0.15, 0.2) is 0 Å². The second kappa shape index (κ2) is 9.65. The molecule has 0 aliphatic heterocycles. The molecule has 0 saturated heterocycles. The zero-order chi connectivity index (χ0) is 24.5. The maximum atomic E-state index is 12.9. The van der Waals surface area contributed by atoms with Gasteiger partial charge in [-0.25, -0.2) is 14.2 Å². The molecular weight excluding hydrogens is 426 g/mol. The van der Waals surface area contributed by atoms with Crippen LogP contribution in [0.4, 0.5) is 0 Å². The van der Waals surface area contributed by atoms with Crippen LogP contribution < -0.4 is 10.4 Å². The van der Waals surface area contributed by atoms with Crippen LogP contribution in [0.2, 0.25) is 0 Å². The number of allylic oxidation sites excluding steroid dienone is 6. The van der Waals surface area contributed by atoms with Crippen molar-refractivity contribution < 1.29 is 4.74 Å². The SMILES string of the molecule is CCC1(C)CC=CC(COc2nn(C3=CCC(C)CC=C3)cc2C)=C(n2c(C)nn(C)c2=O)C1. The molecule has 0 bridgehead atoms. The summed E-state index contributed by atoms with van der Waals surface area (Å²) in [6.45, 7) is 11.0. The molecule has 34 heavy (non-hydrogen) atoms. The highest BCUT2D eigenvalue weighted by molar-refractivity contribution is 5.58. The second-order valence-electron chi connectivity index (χ2n) is 10.2. The Morgan fingerprint density at radius 2 is 1.97 bits per heavy atom. The van der Waals surface area contributed by atoms with Gasteiger partial charge in [-0.1, -0.05) is 51.5 Å². The standard InChI is InChI=1S/C27H37N5O2/c1-7-27(5)15-9-11-22(24(16-27)32-21(4)28-30(6)26(32)33)18-34-25-20(3)17-31(29-25)23-12-8-10-19(2)13-14-23/h8-9,11-12,14,17,19H,7,10,13,15-16,18H2,1-6H3. The van der Waals surface area contributed by atoms with Gasteiger partial charge in [0.2, 0.25) is 5.88 Å². The van der Waals surface area contributed by atoms with Crippen LogP contribution in [0.1, 0.15) is 64.3 Å². The van der Waals surface area contributed by atoms with E-state index in [2.05, 4.69) is 56.2 Å². The molecule has 0 aromatic carbocycles. The van der Waals surface area contributed by atoms with E-state index in [-0.39, 0.29) is 11.1 Å². The van der Waals surface area contributed by atoms with Crippen LogP contribution in [0.15, 0.2) is 46.9 Å². The summed E-state index contributed by atoms with van der Waals surface area (Å²) in [6, 6.07) is 0. The van der Waals surface area contributed by atoms with Crippen molar-refractivity contribution in [3.8, 4) is 5.88 Å². The Morgan fingerprint density at radius 1 is 1.18 bits per heavy atom. The number of nitrogens with zero attached hydrogens (tertiary/aromatic N) is 5. The quantitative estimate of drug-likeness (QED) is 0.585. The summed E-state index contributed by atoms with van der Waals surface area (Å²) in [5, 5.41) is 9.10. The predicted molar refractivity (Wildman–Crippen MR) is 136 cm³/mol. The molecule has 2 atom stereocenters. The smallest absolute Gasteiger partial charge is 0.350 e. The average molecular weight is 464 g/mol. The molecule has 2 unspecified atom stereocenters. The van der Waals surface area contributed by atoms with Crippen LogP contribution in [-0.4, -0.2) is 30.7 Å². The lowest BCUT2D eigenvalue weighted by Gasteiger charge is -2.28. The fourth-order valence-corrected chi connectivity index (χ4v) is 4.64. The van der Waals surface area contributed by atoms with E-state index in [1.54, 1.807) is 11.6 Å². The first-order valence-corrected chi connectivity index (χ1v) is 12.3. The molecule has 7 heteroatoms. The van der Waals surface area contributed by atoms with Gasteiger partial charge in [-0.15, -0.1) is 5.10 Å². The Hall–Kier alpha value is -3.09. The van der Waals surface area contributed by atoms with Gasteiger partial charge in [0, 0.05) is 30.1 Å². The number of ether oxygens (including phenoxy) is 1. The third kappa shape index (κ3) is 4.88. The maximum Gasteiger partial charge on any atom is 0.350 e. The van der Waals surface area contributed by atoms with Crippen molar-refractivity contribution in [2.45, 2.75) is 66.7 Å². The van der Waals surface area contributed by atoms with E-state index in [1.165, 1.54) is 4.68 Å². The summed E-state index contributed by atoms with van der Waals surface area (Å²) in [7, 11) is 1.70. The van der Waals surface area contributed by atoms with Crippen molar-refractivity contribution in [1.82, 2.24) is 24.1 Å². The molecule has 0 fully saturated rings. The van der Waals surface area contributed by atoms with Crippen molar-refractivity contribution in [3.63, 3.8) is 0 Å². The van der Waals surface area contributed by atoms with Crippen molar-refractivity contribution in [2.24, 2.45) is 18.4 Å². The minimum absolute atomic E-state index is 0.0717. The molecule has 2 heterocycles. The summed E-state index contributed by atoms with van der Waals surface area (Å²) >= 11 is 0. The zero-order valence-corrected chi connectivity index (χ0v) is 21.3. The first-order chi connectivity index (χ1) is 16.2. The summed E-state index contributed by atoms with van der Waals surface area (Å²) < 4.78 is 11.3. The third-order valence-electron chi connectivity index (χ3n) is 7.14. The van der Waals surface area contributed by atoms with Crippen LogP contribution in [-0.2, 0) is 7.05 Å². The van der Waals surface area contributed by atoms with Gasteiger partial charge in [-0.05, 0) is 56.9 Å². The first kappa shape index (κ1) is 24.0. The fourth-order valence-electron chi connectivity index (χ4n) is 4.64. The molecular formula is C27H37N5O2. The summed E-state index contributed by atoms with van der Waals surface area (Å²) in [5.41, 5.74) is 3.97. The Morgan fingerprint density at radius 3 is 2.68 bits per heavy atom. The van der Waals surface area contributed by atoms with E-state index in [4.69, 9.17) is 9.84 Å². The van der Waals surface area contributed by atoms with Gasteiger partial charge >= 0.3 is 5.69 Å². The van der Waals surface area contributed by atoms with E-state index < -0.39 is 0 Å². The topological polar surface area (TPSA) is 66.9 Å². The van der Waals surface area contributed by atoms with E-state index >= 15 is 0 Å². The van der Waals surface area contributed by atoms with Crippen LogP contribution in [0.25, 0.3) is 11.4 Å². The molecule has 0 radical (unpaired) electrons. The fraction of sp³-hybridized carbons (Fsp3) is 0.519. The van der Waals surface area contributed by atoms with Crippen molar-refractivity contribution in [1.29, 1.82) is 0 Å². The molecule has 2 aliphatic rings. The van der Waals surface area contributed by atoms with Gasteiger partial charge in [0.1, 0.15) is 12.4 Å². The van der Waals surface area contributed by atoms with Crippen LogP contribution in [0, 0.1) is 25.2 Å². The third-order valence-corrected chi connectivity index (χ3v) is 7.14. The van der Waals surface area contributed by atoms with Gasteiger partial charge in [0.05, 0.1) is 5.70 Å². The van der Waals surface area contributed by atoms with Gasteiger partial charge < -0.3 is 4.74 Å². The van der Waals surface area contributed by atoms with E-state index in [9.17, 15) is 4.79 Å². The number of aryl methyl sites for hydroxylation is 3. The van der Waals surface area contributed by atoms with E-state index in [0.717, 1.165) is 54.6 Å². The Labute approximate surface area is 202 Å². The Balaban J connectivity index is 1.66. The van der Waals surface area contributed by atoms with Gasteiger partial charge in [-0.3, -0.25) is 4.57 Å². The molecule has 0 amide bonds. The molecule has 2 aliphatic carbocycles. The highest BCUT2D eigenvalue weighted by Gasteiger charge is 2.29. The minimum atomic E-state index is -0.125. The number of rotatable bonds is 6. The lowest BCUT2D eigenvalue weighted by molar-refractivity contribution is 0.318. The van der Waals surface area contributed by atoms with Crippen LogP contribution >= 0.6 is 0 Å². The van der Waals surface area contributed by atoms with Crippen molar-refractivity contribution >= 4 is 11.4 Å². The van der Waals surface area contributed by atoms with Gasteiger partial charge in [-0.2, -0.15) is 5.10 Å².